The number of hydrogen-bond acceptors (Lipinski definition) is 4. The van der Waals surface area contributed by atoms with E-state index in [-0.39, 0.29) is 17.7 Å². The summed E-state index contributed by atoms with van der Waals surface area (Å²) in [4.78, 5) is 19.7. The molecule has 0 spiro atoms. The number of nitrogens with zero attached hydrogens (tertiary/aromatic N) is 2. The average molecular weight is 442 g/mol. The molecule has 3 aromatic carbocycles. The van der Waals surface area contributed by atoms with Gasteiger partial charge >= 0.3 is 0 Å². The summed E-state index contributed by atoms with van der Waals surface area (Å²) in [5.41, 5.74) is 4.86. The van der Waals surface area contributed by atoms with E-state index in [0.717, 1.165) is 30.2 Å². The van der Waals surface area contributed by atoms with E-state index in [1.807, 2.05) is 12.1 Å². The zero-order valence-corrected chi connectivity index (χ0v) is 19.0. The molecule has 5 heteroatoms. The first kappa shape index (κ1) is 20.7. The van der Waals surface area contributed by atoms with Gasteiger partial charge in [0, 0.05) is 25.6 Å². The summed E-state index contributed by atoms with van der Waals surface area (Å²) >= 11 is 1.71. The number of aromatic nitrogens is 1. The van der Waals surface area contributed by atoms with E-state index in [4.69, 9.17) is 4.98 Å². The van der Waals surface area contributed by atoms with Crippen molar-refractivity contribution in [2.45, 2.75) is 19.3 Å². The van der Waals surface area contributed by atoms with Crippen molar-refractivity contribution >= 4 is 32.6 Å². The summed E-state index contributed by atoms with van der Waals surface area (Å²) in [5.74, 6) is 0.468. The molecule has 0 radical (unpaired) electrons. The maximum absolute atomic E-state index is 12.7. The highest BCUT2D eigenvalue weighted by atomic mass is 32.1. The molecule has 1 aliphatic heterocycles. The van der Waals surface area contributed by atoms with Crippen LogP contribution in [0.2, 0.25) is 0 Å². The van der Waals surface area contributed by atoms with Gasteiger partial charge in [0.2, 0.25) is 5.91 Å². The van der Waals surface area contributed by atoms with Gasteiger partial charge in [0.05, 0.1) is 16.1 Å². The van der Waals surface area contributed by atoms with Crippen molar-refractivity contribution in [3.05, 3.63) is 95.6 Å². The van der Waals surface area contributed by atoms with Crippen LogP contribution in [0.5, 0.6) is 0 Å². The molecule has 162 valence electrons. The Labute approximate surface area is 192 Å². The van der Waals surface area contributed by atoms with Crippen LogP contribution in [-0.2, 0) is 4.79 Å². The number of aryl methyl sites for hydroxylation is 1. The fourth-order valence-corrected chi connectivity index (χ4v) is 5.42. The van der Waals surface area contributed by atoms with E-state index in [0.29, 0.717) is 6.54 Å². The Kier molecular flexibility index (Phi) is 5.91. The molecule has 1 fully saturated rings. The summed E-state index contributed by atoms with van der Waals surface area (Å²) in [6, 6.07) is 27.4. The van der Waals surface area contributed by atoms with E-state index in [1.54, 1.807) is 11.3 Å². The molecule has 0 saturated carbocycles. The number of thiazole rings is 1. The van der Waals surface area contributed by atoms with Crippen LogP contribution in [0.3, 0.4) is 0 Å². The van der Waals surface area contributed by atoms with Crippen molar-refractivity contribution in [1.29, 1.82) is 0 Å². The van der Waals surface area contributed by atoms with Crippen molar-refractivity contribution in [3.8, 4) is 0 Å². The van der Waals surface area contributed by atoms with Crippen molar-refractivity contribution in [2.75, 3.05) is 24.5 Å². The van der Waals surface area contributed by atoms with Crippen LogP contribution in [0.4, 0.5) is 5.13 Å². The van der Waals surface area contributed by atoms with Gasteiger partial charge in [-0.05, 0) is 42.2 Å². The third-order valence-electron chi connectivity index (χ3n) is 6.19. The molecule has 0 unspecified atom stereocenters. The van der Waals surface area contributed by atoms with E-state index in [2.05, 4.69) is 83.9 Å². The summed E-state index contributed by atoms with van der Waals surface area (Å²) < 4.78 is 1.21. The average Bonchev–Trinajstić information content (AvgIpc) is 3.19. The lowest BCUT2D eigenvalue weighted by Gasteiger charge is -2.38. The normalized spacial score (nSPS) is 14.0. The van der Waals surface area contributed by atoms with Crippen LogP contribution in [0.25, 0.3) is 10.2 Å². The Morgan fingerprint density at radius 1 is 1.03 bits per heavy atom. The minimum Gasteiger partial charge on any atom is -0.356 e. The molecule has 0 atom stereocenters. The number of benzene rings is 3. The molecule has 0 aliphatic carbocycles. The fraction of sp³-hybridized carbons (Fsp3) is 0.259. The third kappa shape index (κ3) is 4.39. The number of fused-ring (bicyclic) bond motifs is 1. The Morgan fingerprint density at radius 2 is 1.69 bits per heavy atom. The molecule has 4 nitrogen and oxygen atoms in total. The number of rotatable bonds is 7. The van der Waals surface area contributed by atoms with E-state index in [1.165, 1.54) is 21.4 Å². The van der Waals surface area contributed by atoms with Gasteiger partial charge in [-0.2, -0.15) is 0 Å². The number of hydrogen-bond donors (Lipinski definition) is 1. The Bertz CT molecular complexity index is 1160. The van der Waals surface area contributed by atoms with E-state index >= 15 is 0 Å². The predicted molar refractivity (Wildman–Crippen MR) is 132 cm³/mol. The third-order valence-corrected chi connectivity index (χ3v) is 7.27. The van der Waals surface area contributed by atoms with Gasteiger partial charge in [0.1, 0.15) is 0 Å². The van der Waals surface area contributed by atoms with Crippen molar-refractivity contribution in [3.63, 3.8) is 0 Å². The van der Waals surface area contributed by atoms with Gasteiger partial charge in [-0.15, -0.1) is 0 Å². The Morgan fingerprint density at radius 3 is 2.34 bits per heavy atom. The number of anilines is 1. The SMILES string of the molecule is Cc1ccc2nc(N3CC(C(=O)NCCC(c4ccccc4)c4ccccc4)C3)sc2c1. The molecule has 1 amide bonds. The van der Waals surface area contributed by atoms with Gasteiger partial charge in [-0.1, -0.05) is 78.1 Å². The van der Waals surface area contributed by atoms with E-state index < -0.39 is 0 Å². The van der Waals surface area contributed by atoms with Crippen LogP contribution < -0.4 is 10.2 Å². The minimum atomic E-state index is 0.0376. The zero-order chi connectivity index (χ0) is 21.9. The number of carbonyl (C=O) groups is 1. The quantitative estimate of drug-likeness (QED) is 0.419. The standard InChI is InChI=1S/C27H27N3OS/c1-19-12-13-24-25(16-19)32-27(29-24)30-17-22(18-30)26(31)28-15-14-23(20-8-4-2-5-9-20)21-10-6-3-7-11-21/h2-13,16,22-23H,14-15,17-18H2,1H3,(H,28,31). The van der Waals surface area contributed by atoms with Crippen molar-refractivity contribution in [1.82, 2.24) is 10.3 Å². The maximum Gasteiger partial charge on any atom is 0.226 e. The Balaban J connectivity index is 1.16. The van der Waals surface area contributed by atoms with E-state index in [9.17, 15) is 4.79 Å². The van der Waals surface area contributed by atoms with Crippen LogP contribution in [0.1, 0.15) is 29.0 Å². The lowest BCUT2D eigenvalue weighted by atomic mass is 9.88. The number of amides is 1. The Hall–Kier alpha value is -3.18. The molecule has 1 N–H and O–H groups in total. The van der Waals surface area contributed by atoms with Crippen molar-refractivity contribution in [2.24, 2.45) is 5.92 Å². The van der Waals surface area contributed by atoms with Gasteiger partial charge in [0.15, 0.2) is 5.13 Å². The molecule has 1 aromatic heterocycles. The predicted octanol–water partition coefficient (Wildman–Crippen LogP) is 5.38. The van der Waals surface area contributed by atoms with Crippen LogP contribution in [0.15, 0.2) is 78.9 Å². The fourth-order valence-electron chi connectivity index (χ4n) is 4.34. The first-order valence-electron chi connectivity index (χ1n) is 11.2. The number of nitrogens with one attached hydrogen (secondary N) is 1. The molecular weight excluding hydrogens is 414 g/mol. The minimum absolute atomic E-state index is 0.0376. The highest BCUT2D eigenvalue weighted by Gasteiger charge is 2.34. The van der Waals surface area contributed by atoms with Gasteiger partial charge in [-0.3, -0.25) is 4.79 Å². The second-order valence-electron chi connectivity index (χ2n) is 8.52. The number of carbonyl (C=O) groups excluding carboxylic acids is 1. The molecule has 1 aliphatic rings. The molecule has 4 aromatic rings. The van der Waals surface area contributed by atoms with Crippen LogP contribution in [-0.4, -0.2) is 30.5 Å². The highest BCUT2D eigenvalue weighted by Crippen LogP contribution is 2.33. The highest BCUT2D eigenvalue weighted by molar-refractivity contribution is 7.22. The summed E-state index contributed by atoms with van der Waals surface area (Å²) in [7, 11) is 0. The van der Waals surface area contributed by atoms with Gasteiger partial charge in [-0.25, -0.2) is 4.98 Å². The first-order valence-corrected chi connectivity index (χ1v) is 12.0. The summed E-state index contributed by atoms with van der Waals surface area (Å²) in [6.07, 6.45) is 0.882. The maximum atomic E-state index is 12.7. The van der Waals surface area contributed by atoms with Crippen molar-refractivity contribution < 1.29 is 4.79 Å². The zero-order valence-electron chi connectivity index (χ0n) is 18.2. The van der Waals surface area contributed by atoms with Gasteiger partial charge in [0.25, 0.3) is 0 Å². The lowest BCUT2D eigenvalue weighted by molar-refractivity contribution is -0.125. The smallest absolute Gasteiger partial charge is 0.226 e. The largest absolute Gasteiger partial charge is 0.356 e. The monoisotopic (exact) mass is 441 g/mol. The molecule has 5 rings (SSSR count). The van der Waals surface area contributed by atoms with Gasteiger partial charge < -0.3 is 10.2 Å². The second kappa shape index (κ2) is 9.13. The molecule has 2 heterocycles. The van der Waals surface area contributed by atoms with Crippen LogP contribution >= 0.6 is 11.3 Å². The summed E-state index contributed by atoms with van der Waals surface area (Å²) in [6.45, 7) is 4.25. The molecule has 0 bridgehead atoms. The lowest BCUT2D eigenvalue weighted by Crippen LogP contribution is -2.53. The topological polar surface area (TPSA) is 45.2 Å². The molecule has 1 saturated heterocycles. The summed E-state index contributed by atoms with van der Waals surface area (Å²) in [5, 5.41) is 4.19. The second-order valence-corrected chi connectivity index (χ2v) is 9.53. The van der Waals surface area contributed by atoms with Crippen LogP contribution in [0, 0.1) is 12.8 Å². The molecular formula is C27H27N3OS. The molecule has 32 heavy (non-hydrogen) atoms. The first-order chi connectivity index (χ1) is 15.7.